The summed E-state index contributed by atoms with van der Waals surface area (Å²) in [6.45, 7) is -0.912. The molecule has 0 aromatic heterocycles. The predicted octanol–water partition coefficient (Wildman–Crippen LogP) is 5.41. The van der Waals surface area contributed by atoms with Gasteiger partial charge in [0.25, 0.3) is 12.6 Å². The average Bonchev–Trinajstić information content (AvgIpc) is 3.35. The first-order chi connectivity index (χ1) is 14.7. The third kappa shape index (κ3) is 3.30. The first-order valence-corrected chi connectivity index (χ1v) is 11.0. The van der Waals surface area contributed by atoms with E-state index in [9.17, 15) is 23.6 Å². The number of halogens is 3. The van der Waals surface area contributed by atoms with Crippen LogP contribution >= 0.6 is 15.9 Å². The lowest BCUT2D eigenvalue weighted by Crippen LogP contribution is -2.25. The predicted molar refractivity (Wildman–Crippen MR) is 114 cm³/mol. The standard InChI is InChI=1S/C23H17BBrF2NO3/c25-14-2-4-16-15-3-1-13(7-17(15)23(26,27)18(16)8-14)20(29)10-31-21(30)19-9-22(5-6-22)11-24(19)12-28/h1-4,7-8,19H,5-6,9-11H2. The molecule has 2 aromatic rings. The van der Waals surface area contributed by atoms with Gasteiger partial charge in [0, 0.05) is 27.1 Å². The first-order valence-electron chi connectivity index (χ1n) is 10.2. The van der Waals surface area contributed by atoms with Crippen LogP contribution in [0.25, 0.3) is 11.1 Å². The van der Waals surface area contributed by atoms with Gasteiger partial charge in [-0.1, -0.05) is 40.4 Å². The zero-order valence-corrected chi connectivity index (χ0v) is 18.0. The molecular weight excluding hydrogens is 467 g/mol. The van der Waals surface area contributed by atoms with E-state index < -0.39 is 30.1 Å². The summed E-state index contributed by atoms with van der Waals surface area (Å²) in [7, 11) is 0. The lowest BCUT2D eigenvalue weighted by atomic mass is 9.43. The van der Waals surface area contributed by atoms with Gasteiger partial charge in [-0.2, -0.15) is 8.78 Å². The Bertz CT molecular complexity index is 1170. The fourth-order valence-corrected chi connectivity index (χ4v) is 5.33. The highest BCUT2D eigenvalue weighted by Gasteiger charge is 2.57. The van der Waals surface area contributed by atoms with Gasteiger partial charge >= 0.3 is 5.97 Å². The Balaban J connectivity index is 1.32. The van der Waals surface area contributed by atoms with Crippen LogP contribution in [0.4, 0.5) is 8.78 Å². The van der Waals surface area contributed by atoms with E-state index >= 15 is 0 Å². The molecule has 1 atom stereocenters. The van der Waals surface area contributed by atoms with Crippen LogP contribution in [-0.4, -0.2) is 25.1 Å². The molecule has 2 aliphatic carbocycles. The van der Waals surface area contributed by atoms with Gasteiger partial charge in [-0.05, 0) is 54.0 Å². The van der Waals surface area contributed by atoms with E-state index in [2.05, 4.69) is 21.9 Å². The van der Waals surface area contributed by atoms with Gasteiger partial charge in [-0.3, -0.25) is 9.59 Å². The van der Waals surface area contributed by atoms with Crippen molar-refractivity contribution in [3.8, 4) is 17.1 Å². The van der Waals surface area contributed by atoms with Crippen LogP contribution in [0.1, 0.15) is 40.7 Å². The highest BCUT2D eigenvalue weighted by Crippen LogP contribution is 2.61. The van der Waals surface area contributed by atoms with E-state index in [-0.39, 0.29) is 28.8 Å². The van der Waals surface area contributed by atoms with Crippen molar-refractivity contribution in [1.82, 2.24) is 0 Å². The summed E-state index contributed by atoms with van der Waals surface area (Å²) in [5.41, 5.74) is 0.661. The maximum absolute atomic E-state index is 15.0. The van der Waals surface area contributed by atoms with Gasteiger partial charge in [0.05, 0.1) is 5.82 Å². The molecule has 1 saturated heterocycles. The number of fused-ring (bicyclic) bond motifs is 3. The molecule has 156 valence electrons. The number of ether oxygens (including phenoxy) is 1. The van der Waals surface area contributed by atoms with Crippen molar-refractivity contribution in [3.63, 3.8) is 0 Å². The highest BCUT2D eigenvalue weighted by molar-refractivity contribution is 9.10. The number of carbonyl (C=O) groups is 2. The summed E-state index contributed by atoms with van der Waals surface area (Å²) in [5, 5.41) is 9.33. The number of nitriles is 1. The Hall–Kier alpha value is -2.53. The molecule has 0 bridgehead atoms. The number of rotatable bonds is 4. The number of benzene rings is 2. The summed E-state index contributed by atoms with van der Waals surface area (Å²) >= 11 is 3.23. The lowest BCUT2D eigenvalue weighted by molar-refractivity contribution is -0.142. The van der Waals surface area contributed by atoms with E-state index in [1.165, 1.54) is 24.3 Å². The second-order valence-electron chi connectivity index (χ2n) is 8.81. The number of carbonyl (C=O) groups excluding carboxylic acids is 2. The monoisotopic (exact) mass is 483 g/mol. The number of hydrogen-bond donors (Lipinski definition) is 0. The van der Waals surface area contributed by atoms with E-state index in [1.807, 2.05) is 0 Å². The number of Topliss-reactive ketones (excluding diaryl/α,β-unsaturated/α-hetero) is 1. The summed E-state index contributed by atoms with van der Waals surface area (Å²) in [4.78, 5) is 25.1. The normalized spacial score (nSPS) is 21.4. The third-order valence-corrected chi connectivity index (χ3v) is 7.35. The van der Waals surface area contributed by atoms with Crippen LogP contribution < -0.4 is 0 Å². The Morgan fingerprint density at radius 2 is 1.84 bits per heavy atom. The number of alkyl halides is 2. The molecule has 1 unspecified atom stereocenters. The maximum Gasteiger partial charge on any atom is 0.303 e. The molecule has 1 spiro atoms. The average molecular weight is 484 g/mol. The Labute approximate surface area is 186 Å². The fourth-order valence-electron chi connectivity index (χ4n) is 4.96. The van der Waals surface area contributed by atoms with Crippen molar-refractivity contribution >= 4 is 34.4 Å². The van der Waals surface area contributed by atoms with Crippen LogP contribution in [0.15, 0.2) is 40.9 Å². The minimum Gasteiger partial charge on any atom is -0.458 e. The lowest BCUT2D eigenvalue weighted by Gasteiger charge is -2.14. The minimum absolute atomic E-state index is 0.0695. The summed E-state index contributed by atoms with van der Waals surface area (Å²) < 4.78 is 35.7. The Morgan fingerprint density at radius 3 is 2.52 bits per heavy atom. The molecule has 1 saturated carbocycles. The smallest absolute Gasteiger partial charge is 0.303 e. The molecule has 0 radical (unpaired) electrons. The molecule has 4 nitrogen and oxygen atoms in total. The van der Waals surface area contributed by atoms with Gasteiger partial charge in [-0.15, -0.1) is 0 Å². The quantitative estimate of drug-likeness (QED) is 0.331. The zero-order valence-electron chi connectivity index (χ0n) is 16.5. The summed E-state index contributed by atoms with van der Waals surface area (Å²) in [6.07, 6.45) is 3.37. The van der Waals surface area contributed by atoms with Crippen LogP contribution in [0.5, 0.6) is 0 Å². The molecule has 2 fully saturated rings. The molecule has 8 heteroatoms. The molecule has 1 aliphatic heterocycles. The van der Waals surface area contributed by atoms with Gasteiger partial charge in [-0.25, -0.2) is 5.26 Å². The van der Waals surface area contributed by atoms with Crippen LogP contribution in [0.2, 0.25) is 12.1 Å². The van der Waals surface area contributed by atoms with Crippen molar-refractivity contribution < 1.29 is 23.1 Å². The highest BCUT2D eigenvalue weighted by atomic mass is 79.9. The molecular formula is C23H17BBrF2NO3. The molecule has 0 N–H and O–H groups in total. The van der Waals surface area contributed by atoms with Crippen molar-refractivity contribution in [2.45, 2.75) is 37.3 Å². The second-order valence-corrected chi connectivity index (χ2v) is 9.72. The van der Waals surface area contributed by atoms with Gasteiger partial charge < -0.3 is 4.74 Å². The molecule has 2 aromatic carbocycles. The molecule has 0 amide bonds. The minimum atomic E-state index is -3.22. The third-order valence-electron chi connectivity index (χ3n) is 6.85. The molecule has 1 heterocycles. The number of ketones is 1. The van der Waals surface area contributed by atoms with Gasteiger partial charge in [0.2, 0.25) is 0 Å². The largest absolute Gasteiger partial charge is 0.458 e. The SMILES string of the molecule is N#CB1CC2(CC2)CC1C(=O)OCC(=O)c1ccc2c(c1)C(F)(F)c1cc(Br)ccc1-2. The molecule has 31 heavy (non-hydrogen) atoms. The van der Waals surface area contributed by atoms with Crippen molar-refractivity contribution in [2.75, 3.05) is 6.61 Å². The van der Waals surface area contributed by atoms with Crippen LogP contribution in [0.3, 0.4) is 0 Å². The maximum atomic E-state index is 15.0. The topological polar surface area (TPSA) is 67.2 Å². The summed E-state index contributed by atoms with van der Waals surface area (Å²) in [5.74, 6) is -2.64. The van der Waals surface area contributed by atoms with E-state index in [0.29, 0.717) is 28.3 Å². The van der Waals surface area contributed by atoms with Crippen molar-refractivity contribution in [1.29, 1.82) is 5.26 Å². The van der Waals surface area contributed by atoms with Crippen LogP contribution in [-0.2, 0) is 15.5 Å². The zero-order chi connectivity index (χ0) is 22.0. The molecule has 5 rings (SSSR count). The molecule has 3 aliphatic rings. The number of nitrogens with zero attached hydrogens (tertiary/aromatic N) is 1. The number of hydrogen-bond acceptors (Lipinski definition) is 4. The van der Waals surface area contributed by atoms with Crippen molar-refractivity contribution in [3.05, 3.63) is 57.6 Å². The Morgan fingerprint density at radius 1 is 1.16 bits per heavy atom. The van der Waals surface area contributed by atoms with Gasteiger partial charge in [0.15, 0.2) is 12.4 Å². The van der Waals surface area contributed by atoms with E-state index in [0.717, 1.165) is 12.8 Å². The van der Waals surface area contributed by atoms with E-state index in [1.54, 1.807) is 12.1 Å². The number of esters is 1. The van der Waals surface area contributed by atoms with Crippen LogP contribution in [0, 0.1) is 16.6 Å². The second kappa shape index (κ2) is 6.99. The Kier molecular flexibility index (Phi) is 4.60. The first kappa shape index (κ1) is 20.4. The van der Waals surface area contributed by atoms with Crippen molar-refractivity contribution in [2.24, 2.45) is 5.41 Å². The fraction of sp³-hybridized carbons (Fsp3) is 0.348. The van der Waals surface area contributed by atoms with Gasteiger partial charge in [0.1, 0.15) is 0 Å². The summed E-state index contributed by atoms with van der Waals surface area (Å²) in [6, 6.07) is 8.89. The van der Waals surface area contributed by atoms with E-state index in [4.69, 9.17) is 4.74 Å².